The van der Waals surface area contributed by atoms with Gasteiger partial charge in [-0.3, -0.25) is 28.7 Å². The van der Waals surface area contributed by atoms with Crippen LogP contribution in [0.4, 0.5) is 11.9 Å². The molecule has 0 bridgehead atoms. The Labute approximate surface area is 312 Å². The van der Waals surface area contributed by atoms with E-state index in [0.29, 0.717) is 0 Å². The Hall–Kier alpha value is -3.46. The number of nitrogen functional groups attached to an aromatic ring is 2. The number of imidazole rings is 2. The van der Waals surface area contributed by atoms with E-state index in [1.54, 1.807) is 0 Å². The molecule has 2 aliphatic rings. The SMILES string of the molecule is Nc1nc2c(ncn2[C@@H]2O[C@H](CO)[C@@H](O)[C@H]2O)c(=O)[nH]1.Nc1nc2c(ncn2[C@@H]2O[C@H](CO)[C@@H](O)[C@H]2O)c(=O)[nH]1.O=P(O)(O)OP(=O)(O)OP(=O)(O)OP(=O)(O)O. The molecule has 2 aliphatic heterocycles. The fraction of sp³-hybridized carbons (Fsp3) is 0.500. The number of nitrogens with one attached hydrogen (secondary N) is 2. The van der Waals surface area contributed by atoms with Crippen molar-refractivity contribution in [2.45, 2.75) is 49.1 Å². The standard InChI is InChI=1S/2C10H13N5O5.H6O13P4/c2*11-10-13-7-4(8(19)14-10)12-2-15(7)9-6(18)5(17)3(1-16)20-9;1-14(2,3)11-16(7,8)13-17(9,10)12-15(4,5)6/h2*2-3,5-6,9,16-18H,1H2,(H3,11,13,14,19);(H,7,8)(H,9,10)(H2,1,2,3)(H2,4,5,6)/t2*3-,5-,6-,9-;/m11./s1. The van der Waals surface area contributed by atoms with Crippen molar-refractivity contribution in [2.24, 2.45) is 0 Å². The van der Waals surface area contributed by atoms with Gasteiger partial charge >= 0.3 is 31.3 Å². The normalized spacial score (nSPS) is 27.3. The summed E-state index contributed by atoms with van der Waals surface area (Å²) in [4.78, 5) is 93.0. The Morgan fingerprint density at radius 1 is 0.632 bits per heavy atom. The van der Waals surface area contributed by atoms with Crippen molar-refractivity contribution in [3.8, 4) is 0 Å². The average molecular weight is 904 g/mol. The molecular formula is C20H32N10O23P4. The molecule has 0 aromatic carbocycles. The molecule has 4 aromatic rings. The van der Waals surface area contributed by atoms with E-state index < -0.39 is 105 Å². The summed E-state index contributed by atoms with van der Waals surface area (Å²) in [5, 5.41) is 57.5. The number of aromatic amines is 2. The van der Waals surface area contributed by atoms with Crippen LogP contribution in [0.15, 0.2) is 22.2 Å². The van der Waals surface area contributed by atoms with Gasteiger partial charge in [0, 0.05) is 0 Å². The molecule has 0 spiro atoms. The zero-order valence-electron chi connectivity index (χ0n) is 27.7. The zero-order chi connectivity index (χ0) is 43.0. The van der Waals surface area contributed by atoms with Crippen LogP contribution in [0.2, 0.25) is 0 Å². The van der Waals surface area contributed by atoms with Crippen LogP contribution >= 0.6 is 31.3 Å². The molecule has 2 fully saturated rings. The van der Waals surface area contributed by atoms with Crippen molar-refractivity contribution in [2.75, 3.05) is 24.7 Å². The van der Waals surface area contributed by atoms with Gasteiger partial charge in [0.25, 0.3) is 11.1 Å². The number of nitrogens with two attached hydrogens (primary N) is 2. The number of aromatic nitrogens is 8. The highest BCUT2D eigenvalue weighted by Crippen LogP contribution is 2.69. The lowest BCUT2D eigenvalue weighted by Gasteiger charge is -2.16. The number of anilines is 2. The molecule has 4 aromatic heterocycles. The Morgan fingerprint density at radius 2 is 0.965 bits per heavy atom. The number of aliphatic hydroxyl groups is 6. The number of phosphoric acid groups is 4. The fourth-order valence-corrected chi connectivity index (χ4v) is 8.88. The van der Waals surface area contributed by atoms with Gasteiger partial charge < -0.3 is 80.9 Å². The number of nitrogens with zero attached hydrogens (tertiary/aromatic N) is 6. The first-order chi connectivity index (χ1) is 26.2. The summed E-state index contributed by atoms with van der Waals surface area (Å²) in [5.74, 6) is -0.202. The van der Waals surface area contributed by atoms with E-state index in [-0.39, 0.29) is 34.2 Å². The summed E-state index contributed by atoms with van der Waals surface area (Å²) in [6.45, 7) is -0.894. The van der Waals surface area contributed by atoms with E-state index in [9.17, 15) is 48.3 Å². The maximum atomic E-state index is 11.7. The van der Waals surface area contributed by atoms with E-state index >= 15 is 0 Å². The maximum Gasteiger partial charge on any atom is 0.490 e. The lowest BCUT2D eigenvalue weighted by molar-refractivity contribution is -0.0511. The number of H-pyrrole nitrogens is 2. The molecule has 57 heavy (non-hydrogen) atoms. The number of fused-ring (bicyclic) bond motifs is 2. The Bertz CT molecular complexity index is 2210. The van der Waals surface area contributed by atoms with Crippen molar-refractivity contribution in [1.82, 2.24) is 39.0 Å². The molecule has 10 atom stereocenters. The summed E-state index contributed by atoms with van der Waals surface area (Å²) >= 11 is 0. The van der Waals surface area contributed by atoms with Crippen LogP contribution in [-0.2, 0) is 40.7 Å². The summed E-state index contributed by atoms with van der Waals surface area (Å²) in [7, 11) is -22.6. The summed E-state index contributed by atoms with van der Waals surface area (Å²) in [5.41, 5.74) is 10.2. The smallest absolute Gasteiger partial charge is 0.394 e. The van der Waals surface area contributed by atoms with Gasteiger partial charge in [0.15, 0.2) is 34.8 Å². The first kappa shape index (κ1) is 46.2. The van der Waals surface area contributed by atoms with Gasteiger partial charge in [-0.05, 0) is 0 Å². The zero-order valence-corrected chi connectivity index (χ0v) is 31.2. The molecule has 0 saturated carbocycles. The number of aliphatic hydroxyl groups excluding tert-OH is 6. The third-order valence-electron chi connectivity index (χ3n) is 7.11. The monoisotopic (exact) mass is 904 g/mol. The molecular weight excluding hydrogens is 872 g/mol. The molecule has 6 rings (SSSR count). The van der Waals surface area contributed by atoms with Gasteiger partial charge in [0.2, 0.25) is 11.9 Å². The quantitative estimate of drug-likeness (QED) is 0.0659. The maximum absolute atomic E-state index is 11.7. The molecule has 320 valence electrons. The molecule has 0 aliphatic carbocycles. The number of rotatable bonds is 10. The van der Waals surface area contributed by atoms with Crippen LogP contribution in [0.25, 0.3) is 22.3 Å². The van der Waals surface area contributed by atoms with Crippen molar-refractivity contribution < 1.29 is 101 Å². The van der Waals surface area contributed by atoms with Crippen molar-refractivity contribution in [1.29, 1.82) is 0 Å². The number of ether oxygens (including phenoxy) is 2. The van der Waals surface area contributed by atoms with E-state index in [2.05, 4.69) is 42.8 Å². The lowest BCUT2D eigenvalue weighted by Crippen LogP contribution is -2.33. The van der Waals surface area contributed by atoms with E-state index in [0.717, 1.165) is 0 Å². The minimum atomic E-state index is -5.77. The minimum absolute atomic E-state index is 0.0388. The first-order valence-corrected chi connectivity index (χ1v) is 20.8. The highest BCUT2D eigenvalue weighted by atomic mass is 31.3. The molecule has 6 heterocycles. The van der Waals surface area contributed by atoms with E-state index in [4.69, 9.17) is 60.5 Å². The second-order valence-electron chi connectivity index (χ2n) is 11.2. The lowest BCUT2D eigenvalue weighted by atomic mass is 10.1. The van der Waals surface area contributed by atoms with Gasteiger partial charge in [-0.25, -0.2) is 28.2 Å². The molecule has 0 radical (unpaired) electrons. The van der Waals surface area contributed by atoms with Gasteiger partial charge in [0.1, 0.15) is 36.6 Å². The van der Waals surface area contributed by atoms with Crippen LogP contribution < -0.4 is 22.6 Å². The van der Waals surface area contributed by atoms with Crippen LogP contribution in [0.5, 0.6) is 0 Å². The predicted molar refractivity (Wildman–Crippen MR) is 178 cm³/mol. The topological polar surface area (TPSA) is 536 Å². The second-order valence-corrected chi connectivity index (χ2v) is 17.0. The highest BCUT2D eigenvalue weighted by Gasteiger charge is 2.46. The summed E-state index contributed by atoms with van der Waals surface area (Å²) in [6.07, 6.45) is -6.43. The van der Waals surface area contributed by atoms with Gasteiger partial charge in [0.05, 0.1) is 25.9 Å². The average Bonchev–Trinajstić information content (AvgIpc) is 3.80. The van der Waals surface area contributed by atoms with Crippen molar-refractivity contribution >= 4 is 65.5 Å². The first-order valence-electron chi connectivity index (χ1n) is 14.8. The molecule has 18 N–H and O–H groups in total. The summed E-state index contributed by atoms with van der Waals surface area (Å²) in [6, 6.07) is 0. The Morgan fingerprint density at radius 3 is 1.25 bits per heavy atom. The molecule has 2 saturated heterocycles. The van der Waals surface area contributed by atoms with Gasteiger partial charge in [-0.2, -0.15) is 22.9 Å². The molecule has 2 unspecified atom stereocenters. The second kappa shape index (κ2) is 17.4. The minimum Gasteiger partial charge on any atom is -0.394 e. The number of hydrogen-bond donors (Lipinski definition) is 16. The predicted octanol–water partition coefficient (Wildman–Crippen LogP) is -5.95. The van der Waals surface area contributed by atoms with Crippen LogP contribution in [0.3, 0.4) is 0 Å². The fourth-order valence-electron chi connectivity index (χ4n) is 4.91. The molecule has 37 heteroatoms. The Balaban J connectivity index is 0.000000191. The van der Waals surface area contributed by atoms with E-state index in [1.165, 1.54) is 21.8 Å². The van der Waals surface area contributed by atoms with Crippen LogP contribution in [-0.4, -0.2) is 149 Å². The van der Waals surface area contributed by atoms with E-state index in [1.807, 2.05) is 0 Å². The van der Waals surface area contributed by atoms with Crippen LogP contribution in [0, 0.1) is 0 Å². The molecule has 33 nitrogen and oxygen atoms in total. The van der Waals surface area contributed by atoms with Crippen LogP contribution in [0.1, 0.15) is 12.5 Å². The summed E-state index contributed by atoms with van der Waals surface area (Å²) < 4.78 is 64.2. The van der Waals surface area contributed by atoms with Crippen molar-refractivity contribution in [3.63, 3.8) is 0 Å². The van der Waals surface area contributed by atoms with Gasteiger partial charge in [-0.1, -0.05) is 0 Å². The van der Waals surface area contributed by atoms with Crippen molar-refractivity contribution in [3.05, 3.63) is 33.4 Å². The highest BCUT2D eigenvalue weighted by molar-refractivity contribution is 7.69. The largest absolute Gasteiger partial charge is 0.490 e. The third kappa shape index (κ3) is 11.4. The number of hydrogen-bond acceptors (Lipinski definition) is 23. The Kier molecular flexibility index (Phi) is 14.1. The van der Waals surface area contributed by atoms with Gasteiger partial charge in [-0.15, -0.1) is 0 Å². The third-order valence-corrected chi connectivity index (χ3v) is 12.1. The molecule has 0 amide bonds.